The normalized spacial score (nSPS) is 31.0. The van der Waals surface area contributed by atoms with Gasteiger partial charge in [0.15, 0.2) is 0 Å². The second-order valence-corrected chi connectivity index (χ2v) is 10.4. The summed E-state index contributed by atoms with van der Waals surface area (Å²) in [6, 6.07) is 0. The Morgan fingerprint density at radius 2 is 2.05 bits per heavy atom. The predicted molar refractivity (Wildman–Crippen MR) is 77.9 cm³/mol. The molecule has 0 amide bonds. The molecule has 2 saturated heterocycles. The molecular formula is C13H23NO3S2. The molecule has 1 spiro atoms. The molecule has 4 nitrogen and oxygen atoms in total. The van der Waals surface area contributed by atoms with Crippen LogP contribution in [0.1, 0.15) is 33.1 Å². The molecule has 0 aromatic rings. The summed E-state index contributed by atoms with van der Waals surface area (Å²) in [5, 5.41) is -0.307. The highest BCUT2D eigenvalue weighted by atomic mass is 32.2. The second kappa shape index (κ2) is 4.90. The lowest BCUT2D eigenvalue weighted by molar-refractivity contribution is 0.0446. The molecule has 3 rings (SSSR count). The molecule has 0 aromatic heterocycles. The van der Waals surface area contributed by atoms with Gasteiger partial charge in [-0.2, -0.15) is 4.31 Å². The first-order valence-electron chi connectivity index (χ1n) is 7.16. The van der Waals surface area contributed by atoms with E-state index in [0.29, 0.717) is 19.2 Å². The maximum atomic E-state index is 12.0. The first-order chi connectivity index (χ1) is 8.91. The molecule has 3 fully saturated rings. The first-order valence-corrected chi connectivity index (χ1v) is 9.65. The summed E-state index contributed by atoms with van der Waals surface area (Å²) >= 11 is 1.91. The summed E-state index contributed by atoms with van der Waals surface area (Å²) in [5.74, 6) is 1.84. The lowest BCUT2D eigenvalue weighted by Gasteiger charge is -2.47. The third-order valence-electron chi connectivity index (χ3n) is 4.32. The Balaban J connectivity index is 1.49. The van der Waals surface area contributed by atoms with Crippen molar-refractivity contribution in [2.75, 3.05) is 25.4 Å². The third kappa shape index (κ3) is 2.82. The van der Waals surface area contributed by atoms with Gasteiger partial charge in [-0.3, -0.25) is 0 Å². The lowest BCUT2D eigenvalue weighted by Crippen LogP contribution is -2.61. The monoisotopic (exact) mass is 305 g/mol. The van der Waals surface area contributed by atoms with E-state index in [1.165, 1.54) is 12.8 Å². The lowest BCUT2D eigenvalue weighted by atomic mass is 9.95. The van der Waals surface area contributed by atoms with Crippen molar-refractivity contribution >= 4 is 21.8 Å². The fourth-order valence-corrected chi connectivity index (χ4v) is 5.93. The zero-order valence-corrected chi connectivity index (χ0v) is 13.3. The van der Waals surface area contributed by atoms with E-state index in [1.807, 2.05) is 11.8 Å². The molecule has 0 aromatic carbocycles. The SMILES string of the molecule is CC(C)S(=O)(=O)N1CC2(CC(OCC3CC3)CS2)C1. The van der Waals surface area contributed by atoms with Crippen LogP contribution in [0.25, 0.3) is 0 Å². The van der Waals surface area contributed by atoms with Gasteiger partial charge in [0, 0.05) is 30.2 Å². The van der Waals surface area contributed by atoms with Gasteiger partial charge in [0.1, 0.15) is 0 Å². The minimum Gasteiger partial charge on any atom is -0.377 e. The maximum Gasteiger partial charge on any atom is 0.216 e. The molecule has 3 aliphatic rings. The van der Waals surface area contributed by atoms with Crippen molar-refractivity contribution in [3.05, 3.63) is 0 Å². The molecule has 0 N–H and O–H groups in total. The summed E-state index contributed by atoms with van der Waals surface area (Å²) in [6.45, 7) is 5.78. The largest absolute Gasteiger partial charge is 0.377 e. The summed E-state index contributed by atoms with van der Waals surface area (Å²) in [5.41, 5.74) is 0. The molecular weight excluding hydrogens is 282 g/mol. The number of sulfonamides is 1. The van der Waals surface area contributed by atoms with Crippen LogP contribution in [0.3, 0.4) is 0 Å². The van der Waals surface area contributed by atoms with Gasteiger partial charge in [-0.1, -0.05) is 0 Å². The topological polar surface area (TPSA) is 46.6 Å². The molecule has 19 heavy (non-hydrogen) atoms. The summed E-state index contributed by atoms with van der Waals surface area (Å²) in [4.78, 5) is 0. The predicted octanol–water partition coefficient (Wildman–Crippen LogP) is 1.71. The smallest absolute Gasteiger partial charge is 0.216 e. The highest BCUT2D eigenvalue weighted by molar-refractivity contribution is 8.01. The average molecular weight is 305 g/mol. The number of ether oxygens (including phenoxy) is 1. The van der Waals surface area contributed by atoms with Crippen molar-refractivity contribution in [2.24, 2.45) is 5.92 Å². The number of hydrogen-bond acceptors (Lipinski definition) is 4. The maximum absolute atomic E-state index is 12.0. The van der Waals surface area contributed by atoms with E-state index in [1.54, 1.807) is 18.2 Å². The van der Waals surface area contributed by atoms with Gasteiger partial charge in [0.2, 0.25) is 10.0 Å². The Labute approximate surface area is 120 Å². The Morgan fingerprint density at radius 1 is 1.37 bits per heavy atom. The summed E-state index contributed by atoms with van der Waals surface area (Å²) in [7, 11) is -3.06. The molecule has 2 heterocycles. The zero-order valence-electron chi connectivity index (χ0n) is 11.7. The highest BCUT2D eigenvalue weighted by Crippen LogP contribution is 2.47. The van der Waals surface area contributed by atoms with Crippen LogP contribution < -0.4 is 0 Å². The minimum absolute atomic E-state index is 0.149. The van der Waals surface area contributed by atoms with Crippen molar-refractivity contribution in [1.29, 1.82) is 0 Å². The third-order valence-corrected chi connectivity index (χ3v) is 8.07. The van der Waals surface area contributed by atoms with Crippen LogP contribution in [0.4, 0.5) is 0 Å². The van der Waals surface area contributed by atoms with Crippen molar-refractivity contribution in [3.8, 4) is 0 Å². The fraction of sp³-hybridized carbons (Fsp3) is 1.00. The van der Waals surface area contributed by atoms with Gasteiger partial charge in [-0.15, -0.1) is 11.8 Å². The Bertz CT molecular complexity index is 439. The van der Waals surface area contributed by atoms with Crippen LogP contribution in [0.5, 0.6) is 0 Å². The van der Waals surface area contributed by atoms with E-state index in [2.05, 4.69) is 0 Å². The van der Waals surface area contributed by atoms with E-state index >= 15 is 0 Å². The fourth-order valence-electron chi connectivity index (χ4n) is 2.76. The Morgan fingerprint density at radius 3 is 2.63 bits per heavy atom. The van der Waals surface area contributed by atoms with E-state index in [9.17, 15) is 8.42 Å². The Kier molecular flexibility index (Phi) is 3.65. The van der Waals surface area contributed by atoms with E-state index in [-0.39, 0.29) is 10.00 Å². The van der Waals surface area contributed by atoms with Crippen molar-refractivity contribution < 1.29 is 13.2 Å². The molecule has 110 valence electrons. The van der Waals surface area contributed by atoms with Crippen LogP contribution in [0, 0.1) is 5.92 Å². The molecule has 1 saturated carbocycles. The van der Waals surface area contributed by atoms with Crippen LogP contribution in [0.2, 0.25) is 0 Å². The van der Waals surface area contributed by atoms with Crippen LogP contribution in [0.15, 0.2) is 0 Å². The summed E-state index contributed by atoms with van der Waals surface area (Å²) < 4.78 is 31.8. The van der Waals surface area contributed by atoms with Crippen molar-refractivity contribution in [2.45, 2.75) is 49.2 Å². The number of hydrogen-bond donors (Lipinski definition) is 0. The second-order valence-electron chi connectivity index (χ2n) is 6.46. The first kappa shape index (κ1) is 14.2. The molecule has 2 aliphatic heterocycles. The number of thioether (sulfide) groups is 1. The van der Waals surface area contributed by atoms with Gasteiger partial charge in [-0.25, -0.2) is 8.42 Å². The van der Waals surface area contributed by atoms with E-state index in [4.69, 9.17) is 4.74 Å². The molecule has 6 heteroatoms. The van der Waals surface area contributed by atoms with Crippen molar-refractivity contribution in [3.63, 3.8) is 0 Å². The molecule has 1 aliphatic carbocycles. The van der Waals surface area contributed by atoms with Gasteiger partial charge < -0.3 is 4.74 Å². The van der Waals surface area contributed by atoms with E-state index in [0.717, 1.165) is 24.7 Å². The van der Waals surface area contributed by atoms with Crippen molar-refractivity contribution in [1.82, 2.24) is 4.31 Å². The van der Waals surface area contributed by atoms with Gasteiger partial charge in [0.25, 0.3) is 0 Å². The van der Waals surface area contributed by atoms with Crippen LogP contribution in [-0.4, -0.2) is 54.3 Å². The number of rotatable bonds is 5. The van der Waals surface area contributed by atoms with E-state index < -0.39 is 10.0 Å². The average Bonchev–Trinajstić information content (AvgIpc) is 3.02. The van der Waals surface area contributed by atoms with Gasteiger partial charge in [-0.05, 0) is 39.0 Å². The van der Waals surface area contributed by atoms with Crippen LogP contribution in [-0.2, 0) is 14.8 Å². The zero-order chi connectivity index (χ0) is 13.7. The highest BCUT2D eigenvalue weighted by Gasteiger charge is 2.53. The molecule has 1 atom stereocenters. The van der Waals surface area contributed by atoms with Crippen LogP contribution >= 0.6 is 11.8 Å². The summed E-state index contributed by atoms with van der Waals surface area (Å²) in [6.07, 6.45) is 4.01. The molecule has 1 unspecified atom stereocenters. The Hall–Kier alpha value is 0.220. The minimum atomic E-state index is -3.06. The van der Waals surface area contributed by atoms with Gasteiger partial charge >= 0.3 is 0 Å². The standard InChI is InChI=1S/C13H23NO3S2/c1-10(2)19(15,16)14-8-13(9-14)5-12(7-18-13)17-6-11-3-4-11/h10-12H,3-9H2,1-2H3. The molecule has 0 bridgehead atoms. The molecule has 0 radical (unpaired) electrons. The number of nitrogens with zero attached hydrogens (tertiary/aromatic N) is 1. The quantitative estimate of drug-likeness (QED) is 0.776. The van der Waals surface area contributed by atoms with Gasteiger partial charge in [0.05, 0.1) is 11.4 Å².